The molecule has 1 aliphatic rings. The molecule has 1 unspecified atom stereocenters. The van der Waals surface area contributed by atoms with Gasteiger partial charge in [-0.3, -0.25) is 9.36 Å². The molecule has 1 atom stereocenters. The minimum atomic E-state index is -0.835. The summed E-state index contributed by atoms with van der Waals surface area (Å²) in [7, 11) is 1.31. The highest BCUT2D eigenvalue weighted by molar-refractivity contribution is 9.10. The Bertz CT molecular complexity index is 2070. The summed E-state index contributed by atoms with van der Waals surface area (Å²) in [5.74, 6) is 0.0944. The van der Waals surface area contributed by atoms with Crippen LogP contribution in [0.15, 0.2) is 121 Å². The molecule has 0 bridgehead atoms. The highest BCUT2D eigenvalue weighted by Gasteiger charge is 2.33. The van der Waals surface area contributed by atoms with E-state index in [4.69, 9.17) is 13.9 Å². The minimum Gasteiger partial charge on any atom is -0.465 e. The van der Waals surface area contributed by atoms with E-state index in [9.17, 15) is 14.4 Å². The second-order valence-corrected chi connectivity index (χ2v) is 11.9. The predicted octanol–water partition coefficient (Wildman–Crippen LogP) is 5.79. The number of esters is 2. The third-order valence-electron chi connectivity index (χ3n) is 7.13. The van der Waals surface area contributed by atoms with Crippen molar-refractivity contribution >= 4 is 45.3 Å². The van der Waals surface area contributed by atoms with Crippen LogP contribution >= 0.6 is 27.3 Å². The van der Waals surface area contributed by atoms with Gasteiger partial charge in [-0.25, -0.2) is 14.6 Å². The fourth-order valence-electron chi connectivity index (χ4n) is 4.95. The summed E-state index contributed by atoms with van der Waals surface area (Å²) < 4.78 is 19.4. The van der Waals surface area contributed by atoms with Crippen molar-refractivity contribution in [1.82, 2.24) is 4.57 Å². The van der Waals surface area contributed by atoms with E-state index in [2.05, 4.69) is 20.9 Å². The lowest BCUT2D eigenvalue weighted by atomic mass is 9.95. The summed E-state index contributed by atoms with van der Waals surface area (Å²) in [6.07, 6.45) is 1.68. The average Bonchev–Trinajstić information content (AvgIpc) is 3.63. The zero-order valence-electron chi connectivity index (χ0n) is 23.7. The highest BCUT2D eigenvalue weighted by atomic mass is 79.9. The van der Waals surface area contributed by atoms with Gasteiger partial charge in [-0.1, -0.05) is 81.9 Å². The Balaban J connectivity index is 1.41. The number of fused-ring (bicyclic) bond motifs is 1. The van der Waals surface area contributed by atoms with Crippen molar-refractivity contribution in [3.8, 4) is 11.3 Å². The number of nitrogens with zero attached hydrogens (tertiary/aromatic N) is 2. The third kappa shape index (κ3) is 5.86. The zero-order valence-corrected chi connectivity index (χ0v) is 26.1. The number of hydrogen-bond donors (Lipinski definition) is 0. The fourth-order valence-corrected chi connectivity index (χ4v) is 6.24. The standard InChI is InChI=1S/C34H25BrN2O6S/c1-20-29(33(40)42-19-21-6-4-3-5-7-21)30(23-8-10-24(11-9-23)32(39)41-2)37-31(38)28(44-34(37)36-20)18-26-16-17-27(43-26)22-12-14-25(35)15-13-22/h3-18,30H,19H2,1-2H3. The number of hydrogen-bond acceptors (Lipinski definition) is 8. The van der Waals surface area contributed by atoms with E-state index in [0.717, 1.165) is 15.6 Å². The van der Waals surface area contributed by atoms with Gasteiger partial charge in [0.15, 0.2) is 4.80 Å². The van der Waals surface area contributed by atoms with E-state index in [0.29, 0.717) is 37.7 Å². The Kier molecular flexibility index (Phi) is 8.28. The van der Waals surface area contributed by atoms with Crippen molar-refractivity contribution < 1.29 is 23.5 Å². The van der Waals surface area contributed by atoms with Gasteiger partial charge in [0.05, 0.1) is 34.5 Å². The first kappa shape index (κ1) is 29.3. The van der Waals surface area contributed by atoms with E-state index in [-0.39, 0.29) is 17.7 Å². The van der Waals surface area contributed by atoms with Crippen LogP contribution in [0.1, 0.15) is 40.2 Å². The molecule has 2 aromatic heterocycles. The number of benzene rings is 3. The lowest BCUT2D eigenvalue weighted by Crippen LogP contribution is -2.39. The molecule has 0 N–H and O–H groups in total. The molecule has 0 radical (unpaired) electrons. The maximum Gasteiger partial charge on any atom is 0.338 e. The topological polar surface area (TPSA) is 100 Å². The molecule has 0 saturated carbocycles. The molecule has 0 spiro atoms. The van der Waals surface area contributed by atoms with Gasteiger partial charge in [0, 0.05) is 16.1 Å². The second-order valence-electron chi connectivity index (χ2n) is 9.97. The lowest BCUT2D eigenvalue weighted by Gasteiger charge is -2.25. The number of furan rings is 1. The number of methoxy groups -OCH3 is 1. The summed E-state index contributed by atoms with van der Waals surface area (Å²) in [4.78, 5) is 44.8. The Labute approximate surface area is 264 Å². The SMILES string of the molecule is COC(=O)c1ccc(C2C(C(=O)OCc3ccccc3)=C(C)N=c3sc(=Cc4ccc(-c5ccc(Br)cc5)o4)c(=O)n32)cc1. The number of thiazole rings is 1. The molecule has 3 aromatic carbocycles. The summed E-state index contributed by atoms with van der Waals surface area (Å²) in [5, 5.41) is 0. The molecule has 10 heteroatoms. The molecule has 6 rings (SSSR count). The number of halogens is 1. The third-order valence-corrected chi connectivity index (χ3v) is 8.64. The van der Waals surface area contributed by atoms with Crippen LogP contribution in [0.3, 0.4) is 0 Å². The molecule has 0 aliphatic carbocycles. The van der Waals surface area contributed by atoms with Crippen molar-refractivity contribution in [2.45, 2.75) is 19.6 Å². The Hall–Kier alpha value is -4.80. The van der Waals surface area contributed by atoms with Crippen LogP contribution in [0.5, 0.6) is 0 Å². The van der Waals surface area contributed by atoms with Gasteiger partial charge in [-0.05, 0) is 54.4 Å². The first-order valence-electron chi connectivity index (χ1n) is 13.6. The molecule has 0 fully saturated rings. The Morgan fingerprint density at radius 1 is 0.977 bits per heavy atom. The van der Waals surface area contributed by atoms with Crippen molar-refractivity contribution in [3.63, 3.8) is 0 Å². The van der Waals surface area contributed by atoms with E-state index < -0.39 is 18.0 Å². The van der Waals surface area contributed by atoms with Crippen LogP contribution in [-0.4, -0.2) is 23.6 Å². The summed E-state index contributed by atoms with van der Waals surface area (Å²) in [5.41, 5.74) is 3.03. The Morgan fingerprint density at radius 2 is 1.70 bits per heavy atom. The number of aromatic nitrogens is 1. The Morgan fingerprint density at radius 3 is 2.41 bits per heavy atom. The van der Waals surface area contributed by atoms with Gasteiger partial charge >= 0.3 is 11.9 Å². The first-order valence-corrected chi connectivity index (χ1v) is 15.2. The van der Waals surface area contributed by atoms with Crippen molar-refractivity contribution in [3.05, 3.63) is 149 Å². The van der Waals surface area contributed by atoms with E-state index in [1.165, 1.54) is 23.0 Å². The van der Waals surface area contributed by atoms with Crippen molar-refractivity contribution in [2.24, 2.45) is 4.99 Å². The van der Waals surface area contributed by atoms with Crippen molar-refractivity contribution in [2.75, 3.05) is 7.11 Å². The fraction of sp³-hybridized carbons (Fsp3) is 0.118. The van der Waals surface area contributed by atoms with Crippen LogP contribution in [0, 0.1) is 0 Å². The van der Waals surface area contributed by atoms with Gasteiger partial charge in [0.2, 0.25) is 0 Å². The highest BCUT2D eigenvalue weighted by Crippen LogP contribution is 2.31. The zero-order chi connectivity index (χ0) is 30.8. The van der Waals surface area contributed by atoms with Crippen molar-refractivity contribution in [1.29, 1.82) is 0 Å². The van der Waals surface area contributed by atoms with Gasteiger partial charge in [-0.15, -0.1) is 0 Å². The molecule has 0 saturated heterocycles. The van der Waals surface area contributed by atoms with Crippen LogP contribution in [0.4, 0.5) is 0 Å². The van der Waals surface area contributed by atoms with Gasteiger partial charge < -0.3 is 13.9 Å². The van der Waals surface area contributed by atoms with Crippen LogP contribution < -0.4 is 14.9 Å². The largest absolute Gasteiger partial charge is 0.465 e. The number of allylic oxidation sites excluding steroid dienone is 1. The molecule has 220 valence electrons. The predicted molar refractivity (Wildman–Crippen MR) is 170 cm³/mol. The van der Waals surface area contributed by atoms with E-state index >= 15 is 0 Å². The maximum atomic E-state index is 14.0. The lowest BCUT2D eigenvalue weighted by molar-refractivity contribution is -0.140. The number of carbonyl (C=O) groups excluding carboxylic acids is 2. The molecule has 8 nitrogen and oxygen atoms in total. The van der Waals surface area contributed by atoms with Crippen LogP contribution in [-0.2, 0) is 20.9 Å². The first-order chi connectivity index (χ1) is 21.3. The minimum absolute atomic E-state index is 0.0636. The number of carbonyl (C=O) groups is 2. The molecule has 1 aliphatic heterocycles. The average molecular weight is 670 g/mol. The van der Waals surface area contributed by atoms with E-state index in [1.807, 2.05) is 60.7 Å². The summed E-state index contributed by atoms with van der Waals surface area (Å²) in [6, 6.07) is 26.5. The van der Waals surface area contributed by atoms with Crippen LogP contribution in [0.25, 0.3) is 17.4 Å². The molecule has 44 heavy (non-hydrogen) atoms. The van der Waals surface area contributed by atoms with Gasteiger partial charge in [0.1, 0.15) is 18.1 Å². The normalized spacial score (nSPS) is 14.6. The number of rotatable bonds is 7. The maximum absolute atomic E-state index is 14.0. The van der Waals surface area contributed by atoms with Gasteiger partial charge in [-0.2, -0.15) is 0 Å². The van der Waals surface area contributed by atoms with E-state index in [1.54, 1.807) is 43.3 Å². The molecule has 5 aromatic rings. The quantitative estimate of drug-likeness (QED) is 0.204. The smallest absolute Gasteiger partial charge is 0.338 e. The monoisotopic (exact) mass is 668 g/mol. The second kappa shape index (κ2) is 12.4. The molecular formula is C34H25BrN2O6S. The molecule has 3 heterocycles. The van der Waals surface area contributed by atoms with Gasteiger partial charge in [0.25, 0.3) is 5.56 Å². The number of ether oxygens (including phenoxy) is 2. The summed E-state index contributed by atoms with van der Waals surface area (Å²) in [6.45, 7) is 1.79. The van der Waals surface area contributed by atoms with Crippen LogP contribution in [0.2, 0.25) is 0 Å². The summed E-state index contributed by atoms with van der Waals surface area (Å²) >= 11 is 4.64. The molecular weight excluding hydrogens is 644 g/mol. The molecule has 0 amide bonds.